The highest BCUT2D eigenvalue weighted by Gasteiger charge is 2.36. The second kappa shape index (κ2) is 10.3. The highest BCUT2D eigenvalue weighted by atomic mass is 32.2. The number of carbonyl (C=O) groups excluding carboxylic acids is 1. The summed E-state index contributed by atoms with van der Waals surface area (Å²) < 4.78 is 8.20. The molecule has 0 aliphatic carbocycles. The molecule has 0 spiro atoms. The first kappa shape index (κ1) is 24.8. The number of rotatable bonds is 7. The molecule has 9 heteroatoms. The molecule has 4 aromatic rings. The van der Waals surface area contributed by atoms with E-state index in [0.29, 0.717) is 16.8 Å². The molecule has 2 aromatic heterocycles. The lowest BCUT2D eigenvalue weighted by Gasteiger charge is -2.20. The largest absolute Gasteiger partial charge is 0.493 e. The normalized spacial score (nSPS) is 16.1. The third-order valence-electron chi connectivity index (χ3n) is 6.61. The first-order valence-electron chi connectivity index (χ1n) is 12.7. The van der Waals surface area contributed by atoms with Crippen LogP contribution in [0.3, 0.4) is 0 Å². The Kier molecular flexibility index (Phi) is 6.58. The average molecular weight is 535 g/mol. The van der Waals surface area contributed by atoms with Crippen molar-refractivity contribution in [2.24, 2.45) is 10.1 Å². The quantitative estimate of drug-likeness (QED) is 0.239. The van der Waals surface area contributed by atoms with Crippen LogP contribution in [0, 0.1) is 19.3 Å². The Labute approximate surface area is 230 Å². The van der Waals surface area contributed by atoms with Crippen LogP contribution >= 0.6 is 11.8 Å². The Morgan fingerprint density at radius 2 is 1.97 bits per heavy atom. The average Bonchev–Trinajstić information content (AvgIpc) is 3.52. The van der Waals surface area contributed by atoms with Crippen molar-refractivity contribution in [1.82, 2.24) is 14.6 Å². The second-order valence-corrected chi connectivity index (χ2v) is 10.4. The standard InChI is InChI=1S/C30H26N6O2S/c1-19-10-11-26(20(2)15-19)38-14-6-13-35-18-22(23-8-3-4-9-25(23)35)16-24-27(31)36-30(33-28(24)37)39-29(34-36)21-7-5-12-32-17-21/h3-5,7-12,15-18,31H,6,13-14H2,1-2H3/b24-16+,31-27?. The van der Waals surface area contributed by atoms with Gasteiger partial charge in [-0.1, -0.05) is 35.9 Å². The molecule has 6 rings (SSSR count). The van der Waals surface area contributed by atoms with Gasteiger partial charge >= 0.3 is 0 Å². The molecule has 194 valence electrons. The minimum atomic E-state index is -0.444. The predicted octanol–water partition coefficient (Wildman–Crippen LogP) is 5.79. The van der Waals surface area contributed by atoms with E-state index in [9.17, 15) is 4.79 Å². The number of aliphatic imine (C=N–C) groups is 1. The molecule has 39 heavy (non-hydrogen) atoms. The van der Waals surface area contributed by atoms with Gasteiger partial charge in [0, 0.05) is 47.2 Å². The van der Waals surface area contributed by atoms with Crippen LogP contribution in [0.15, 0.2) is 88.9 Å². The number of aryl methyl sites for hydroxylation is 3. The number of hydrogen-bond donors (Lipinski definition) is 1. The number of amidine groups is 2. The van der Waals surface area contributed by atoms with Crippen molar-refractivity contribution < 1.29 is 9.53 Å². The smallest absolute Gasteiger partial charge is 0.283 e. The van der Waals surface area contributed by atoms with Crippen LogP contribution in [0.2, 0.25) is 0 Å². The molecule has 0 fully saturated rings. The third kappa shape index (κ3) is 4.88. The van der Waals surface area contributed by atoms with Crippen LogP contribution < -0.4 is 4.74 Å². The Bertz CT molecular complexity index is 1700. The van der Waals surface area contributed by atoms with Crippen LogP contribution in [0.1, 0.15) is 28.7 Å². The number of hydrazone groups is 1. The zero-order chi connectivity index (χ0) is 26.9. The number of para-hydroxylation sites is 1. The minimum absolute atomic E-state index is 0.00934. The molecular weight excluding hydrogens is 508 g/mol. The van der Waals surface area contributed by atoms with E-state index in [1.54, 1.807) is 18.5 Å². The van der Waals surface area contributed by atoms with Crippen molar-refractivity contribution >= 4 is 50.7 Å². The van der Waals surface area contributed by atoms with Gasteiger partial charge in [-0.2, -0.15) is 15.1 Å². The Morgan fingerprint density at radius 1 is 1.10 bits per heavy atom. The lowest BCUT2D eigenvalue weighted by atomic mass is 10.1. The summed E-state index contributed by atoms with van der Waals surface area (Å²) in [4.78, 5) is 21.4. The van der Waals surface area contributed by atoms with Gasteiger partial charge in [0.25, 0.3) is 5.91 Å². The van der Waals surface area contributed by atoms with Crippen LogP contribution in [0.25, 0.3) is 17.0 Å². The molecule has 1 N–H and O–H groups in total. The van der Waals surface area contributed by atoms with Gasteiger partial charge in [-0.25, -0.2) is 0 Å². The number of ether oxygens (including phenoxy) is 1. The summed E-state index contributed by atoms with van der Waals surface area (Å²) in [6, 6.07) is 18.0. The van der Waals surface area contributed by atoms with E-state index in [1.807, 2.05) is 42.6 Å². The molecule has 1 amide bonds. The number of pyridine rings is 1. The molecule has 2 aliphatic heterocycles. The maximum absolute atomic E-state index is 13.0. The summed E-state index contributed by atoms with van der Waals surface area (Å²) in [5.74, 6) is 0.474. The van der Waals surface area contributed by atoms with E-state index in [2.05, 4.69) is 51.7 Å². The monoisotopic (exact) mass is 534 g/mol. The van der Waals surface area contributed by atoms with Gasteiger partial charge in [-0.05, 0) is 67.9 Å². The number of nitrogens with one attached hydrogen (secondary N) is 1. The van der Waals surface area contributed by atoms with Gasteiger partial charge in [0.15, 0.2) is 5.84 Å². The minimum Gasteiger partial charge on any atom is -0.493 e. The maximum atomic E-state index is 13.0. The summed E-state index contributed by atoms with van der Waals surface area (Å²) in [6.07, 6.45) is 7.99. The van der Waals surface area contributed by atoms with E-state index in [4.69, 9.17) is 10.1 Å². The molecule has 2 aliphatic rings. The van der Waals surface area contributed by atoms with Crippen molar-refractivity contribution in [2.75, 3.05) is 6.61 Å². The topological polar surface area (TPSA) is 95.9 Å². The van der Waals surface area contributed by atoms with Crippen molar-refractivity contribution in [3.05, 3.63) is 101 Å². The Morgan fingerprint density at radius 3 is 2.79 bits per heavy atom. The van der Waals surface area contributed by atoms with E-state index in [1.165, 1.54) is 22.3 Å². The van der Waals surface area contributed by atoms with Crippen molar-refractivity contribution in [2.45, 2.75) is 26.8 Å². The zero-order valence-electron chi connectivity index (χ0n) is 21.6. The van der Waals surface area contributed by atoms with Crippen LogP contribution in [0.5, 0.6) is 5.75 Å². The molecule has 2 aromatic carbocycles. The number of fused-ring (bicyclic) bond motifs is 2. The van der Waals surface area contributed by atoms with Crippen molar-refractivity contribution in [3.63, 3.8) is 0 Å². The van der Waals surface area contributed by atoms with E-state index in [-0.39, 0.29) is 11.4 Å². The summed E-state index contributed by atoms with van der Waals surface area (Å²) in [7, 11) is 0. The summed E-state index contributed by atoms with van der Waals surface area (Å²) in [5, 5.41) is 16.8. The second-order valence-electron chi connectivity index (χ2n) is 9.43. The van der Waals surface area contributed by atoms with Gasteiger partial charge in [-0.15, -0.1) is 0 Å². The predicted molar refractivity (Wildman–Crippen MR) is 156 cm³/mol. The fourth-order valence-electron chi connectivity index (χ4n) is 4.71. The molecule has 0 unspecified atom stereocenters. The molecular formula is C30H26N6O2S. The molecule has 8 nitrogen and oxygen atoms in total. The highest BCUT2D eigenvalue weighted by Crippen LogP contribution is 2.32. The lowest BCUT2D eigenvalue weighted by molar-refractivity contribution is -0.114. The SMILES string of the molecule is Cc1ccc(OCCCn2cc(/C=C3\C(=N)N4N=C(c5cccnc5)SC4=NC3=O)c3ccccc32)c(C)c1. The number of benzene rings is 2. The highest BCUT2D eigenvalue weighted by molar-refractivity contribution is 8.27. The number of aromatic nitrogens is 2. The number of carbonyl (C=O) groups is 1. The maximum Gasteiger partial charge on any atom is 0.283 e. The number of nitrogens with zero attached hydrogens (tertiary/aromatic N) is 5. The first-order valence-corrected chi connectivity index (χ1v) is 13.5. The summed E-state index contributed by atoms with van der Waals surface area (Å²) in [5.41, 5.74) is 5.29. The van der Waals surface area contributed by atoms with Gasteiger partial charge < -0.3 is 9.30 Å². The fourth-order valence-corrected chi connectivity index (χ4v) is 5.59. The van der Waals surface area contributed by atoms with Crippen molar-refractivity contribution in [3.8, 4) is 5.75 Å². The Balaban J connectivity index is 1.23. The molecule has 0 saturated heterocycles. The van der Waals surface area contributed by atoms with Crippen molar-refractivity contribution in [1.29, 1.82) is 5.41 Å². The molecule has 0 atom stereocenters. The van der Waals surface area contributed by atoms with E-state index >= 15 is 0 Å². The molecule has 4 heterocycles. The van der Waals surface area contributed by atoms with Gasteiger partial charge in [-0.3, -0.25) is 15.2 Å². The summed E-state index contributed by atoms with van der Waals surface area (Å²) in [6.45, 7) is 5.48. The van der Waals surface area contributed by atoms with Gasteiger partial charge in [0.1, 0.15) is 10.8 Å². The summed E-state index contributed by atoms with van der Waals surface area (Å²) >= 11 is 1.26. The Hall–Kier alpha value is -4.50. The number of hydrogen-bond acceptors (Lipinski definition) is 6. The van der Waals surface area contributed by atoms with Crippen LogP contribution in [-0.4, -0.2) is 43.1 Å². The fraction of sp³-hybridized carbons (Fsp3) is 0.167. The molecule has 0 radical (unpaired) electrons. The zero-order valence-corrected chi connectivity index (χ0v) is 22.4. The third-order valence-corrected chi connectivity index (χ3v) is 7.57. The van der Waals surface area contributed by atoms with Gasteiger partial charge in [0.05, 0.1) is 12.2 Å². The van der Waals surface area contributed by atoms with Crippen LogP contribution in [-0.2, 0) is 11.3 Å². The first-order chi connectivity index (χ1) is 19.0. The lowest BCUT2D eigenvalue weighted by Crippen LogP contribution is -2.35. The van der Waals surface area contributed by atoms with Gasteiger partial charge in [0.2, 0.25) is 5.17 Å². The van der Waals surface area contributed by atoms with E-state index < -0.39 is 5.91 Å². The molecule has 0 saturated carbocycles. The molecule has 0 bridgehead atoms. The van der Waals surface area contributed by atoms with E-state index in [0.717, 1.165) is 46.3 Å². The number of amides is 1. The van der Waals surface area contributed by atoms with Crippen LogP contribution in [0.4, 0.5) is 0 Å². The number of thioether (sulfide) groups is 1.